The minimum absolute atomic E-state index is 0.111. The fourth-order valence-electron chi connectivity index (χ4n) is 0.877. The number of carboxylic acid groups (broad SMARTS) is 1. The first kappa shape index (κ1) is 9.83. The van der Waals surface area contributed by atoms with E-state index in [-0.39, 0.29) is 16.3 Å². The molecule has 1 atom stereocenters. The molecule has 70 valence electrons. The number of carbonyl (C=O) groups is 1. The van der Waals surface area contributed by atoms with Crippen LogP contribution in [0.1, 0.15) is 11.7 Å². The van der Waals surface area contributed by atoms with Crippen LogP contribution in [0.25, 0.3) is 0 Å². The Morgan fingerprint density at radius 2 is 2.08 bits per heavy atom. The van der Waals surface area contributed by atoms with Gasteiger partial charge in [-0.15, -0.1) is 0 Å². The Morgan fingerprint density at radius 3 is 2.62 bits per heavy atom. The molecule has 4 nitrogen and oxygen atoms in total. The molecule has 0 radical (unpaired) electrons. The van der Waals surface area contributed by atoms with Gasteiger partial charge in [-0.25, -0.2) is 4.79 Å². The summed E-state index contributed by atoms with van der Waals surface area (Å²) in [5.41, 5.74) is -0.111. The van der Waals surface area contributed by atoms with E-state index in [4.69, 9.17) is 21.8 Å². The Kier molecular flexibility index (Phi) is 2.75. The molecule has 0 unspecified atom stereocenters. The molecule has 0 aliphatic carbocycles. The summed E-state index contributed by atoms with van der Waals surface area (Å²) in [7, 11) is 0. The van der Waals surface area contributed by atoms with Crippen molar-refractivity contribution in [2.24, 2.45) is 0 Å². The Hall–Kier alpha value is -1.26. The number of benzene rings is 1. The second kappa shape index (κ2) is 3.64. The lowest BCUT2D eigenvalue weighted by atomic mass is 10.1. The van der Waals surface area contributed by atoms with E-state index in [0.717, 1.165) is 0 Å². The first-order valence-corrected chi connectivity index (χ1v) is 3.79. The van der Waals surface area contributed by atoms with Crippen LogP contribution >= 0.6 is 11.6 Å². The monoisotopic (exact) mass is 202 g/mol. The van der Waals surface area contributed by atoms with Crippen molar-refractivity contribution in [3.63, 3.8) is 0 Å². The Balaban J connectivity index is 3.12. The van der Waals surface area contributed by atoms with Gasteiger partial charge in [0, 0.05) is 10.6 Å². The van der Waals surface area contributed by atoms with Crippen LogP contribution in [-0.2, 0) is 4.79 Å². The van der Waals surface area contributed by atoms with Crippen LogP contribution in [0, 0.1) is 0 Å². The lowest BCUT2D eigenvalue weighted by Crippen LogP contribution is -2.10. The number of aliphatic hydroxyl groups is 1. The molecule has 0 saturated heterocycles. The maximum atomic E-state index is 10.4. The first-order chi connectivity index (χ1) is 6.02. The van der Waals surface area contributed by atoms with E-state index in [2.05, 4.69) is 0 Å². The van der Waals surface area contributed by atoms with Crippen molar-refractivity contribution < 1.29 is 20.1 Å². The molecular formula is C8H7ClO4. The van der Waals surface area contributed by atoms with Crippen LogP contribution in [0.4, 0.5) is 0 Å². The minimum Gasteiger partial charge on any atom is -0.508 e. The minimum atomic E-state index is -1.75. The highest BCUT2D eigenvalue weighted by Gasteiger charge is 2.19. The lowest BCUT2D eigenvalue weighted by Gasteiger charge is -2.07. The molecule has 1 aromatic carbocycles. The molecule has 5 heteroatoms. The van der Waals surface area contributed by atoms with Gasteiger partial charge in [-0.3, -0.25) is 0 Å². The average molecular weight is 203 g/mol. The molecule has 0 heterocycles. The summed E-state index contributed by atoms with van der Waals surface area (Å²) in [4.78, 5) is 10.4. The lowest BCUT2D eigenvalue weighted by molar-refractivity contribution is -0.147. The maximum Gasteiger partial charge on any atom is 0.337 e. The summed E-state index contributed by atoms with van der Waals surface area (Å²) in [6, 6.07) is 3.83. The topological polar surface area (TPSA) is 77.8 Å². The van der Waals surface area contributed by atoms with Crippen LogP contribution < -0.4 is 0 Å². The van der Waals surface area contributed by atoms with Gasteiger partial charge in [0.05, 0.1) is 0 Å². The molecule has 13 heavy (non-hydrogen) atoms. The Bertz CT molecular complexity index is 337. The van der Waals surface area contributed by atoms with Crippen molar-refractivity contribution in [3.8, 4) is 5.75 Å². The number of halogens is 1. The zero-order chi connectivity index (χ0) is 10.0. The van der Waals surface area contributed by atoms with Crippen molar-refractivity contribution in [1.82, 2.24) is 0 Å². The van der Waals surface area contributed by atoms with Crippen molar-refractivity contribution in [3.05, 3.63) is 28.8 Å². The normalized spacial score (nSPS) is 12.5. The zero-order valence-electron chi connectivity index (χ0n) is 6.44. The van der Waals surface area contributed by atoms with Gasteiger partial charge < -0.3 is 15.3 Å². The quantitative estimate of drug-likeness (QED) is 0.673. The van der Waals surface area contributed by atoms with E-state index < -0.39 is 12.1 Å². The fraction of sp³-hybridized carbons (Fsp3) is 0.125. The van der Waals surface area contributed by atoms with Gasteiger partial charge in [0.2, 0.25) is 0 Å². The van der Waals surface area contributed by atoms with Gasteiger partial charge in [0.15, 0.2) is 6.10 Å². The second-order valence-electron chi connectivity index (χ2n) is 2.44. The smallest absolute Gasteiger partial charge is 0.337 e. The summed E-state index contributed by atoms with van der Waals surface area (Å²) >= 11 is 5.55. The van der Waals surface area contributed by atoms with Crippen LogP contribution in [0.2, 0.25) is 5.02 Å². The van der Waals surface area contributed by atoms with E-state index >= 15 is 0 Å². The highest BCUT2D eigenvalue weighted by Crippen LogP contribution is 2.27. The number of rotatable bonds is 2. The third-order valence-electron chi connectivity index (χ3n) is 1.52. The molecular weight excluding hydrogens is 196 g/mol. The maximum absolute atomic E-state index is 10.4. The molecule has 0 spiro atoms. The number of phenols is 1. The number of aliphatic hydroxyl groups excluding tert-OH is 1. The molecule has 1 aromatic rings. The van der Waals surface area contributed by atoms with Gasteiger partial charge in [-0.1, -0.05) is 11.6 Å². The van der Waals surface area contributed by atoms with E-state index in [1.165, 1.54) is 18.2 Å². The number of hydrogen-bond donors (Lipinski definition) is 3. The molecule has 0 bridgehead atoms. The third-order valence-corrected chi connectivity index (χ3v) is 1.75. The van der Waals surface area contributed by atoms with Crippen LogP contribution in [0.5, 0.6) is 5.75 Å². The van der Waals surface area contributed by atoms with Gasteiger partial charge in [0.25, 0.3) is 0 Å². The molecule has 3 N–H and O–H groups in total. The molecule has 1 rings (SSSR count). The largest absolute Gasteiger partial charge is 0.508 e. The third kappa shape index (κ3) is 2.11. The highest BCUT2D eigenvalue weighted by molar-refractivity contribution is 6.30. The van der Waals surface area contributed by atoms with Crippen LogP contribution in [0.15, 0.2) is 18.2 Å². The molecule has 0 fully saturated rings. The summed E-state index contributed by atoms with van der Waals surface area (Å²) in [6.07, 6.45) is -1.75. The molecule has 0 aromatic heterocycles. The Labute approximate surface area is 79.0 Å². The van der Waals surface area contributed by atoms with E-state index in [0.29, 0.717) is 0 Å². The summed E-state index contributed by atoms with van der Waals surface area (Å²) in [5, 5.41) is 27.0. The zero-order valence-corrected chi connectivity index (χ0v) is 7.19. The highest BCUT2D eigenvalue weighted by atomic mass is 35.5. The number of phenolic OH excluding ortho intramolecular Hbond substituents is 1. The van der Waals surface area contributed by atoms with Gasteiger partial charge in [-0.2, -0.15) is 0 Å². The predicted octanol–water partition coefficient (Wildman–Crippen LogP) is 1.16. The van der Waals surface area contributed by atoms with Crippen molar-refractivity contribution >= 4 is 17.6 Å². The van der Waals surface area contributed by atoms with Crippen molar-refractivity contribution in [2.45, 2.75) is 6.10 Å². The van der Waals surface area contributed by atoms with Crippen molar-refractivity contribution in [1.29, 1.82) is 0 Å². The van der Waals surface area contributed by atoms with Gasteiger partial charge in [0.1, 0.15) is 5.75 Å². The number of hydrogen-bond acceptors (Lipinski definition) is 3. The van der Waals surface area contributed by atoms with E-state index in [1.807, 2.05) is 0 Å². The SMILES string of the molecule is O=C(O)[C@H](O)c1cc(Cl)ccc1O. The average Bonchev–Trinajstić information content (AvgIpc) is 2.08. The van der Waals surface area contributed by atoms with Crippen LogP contribution in [0.3, 0.4) is 0 Å². The second-order valence-corrected chi connectivity index (χ2v) is 2.88. The number of carboxylic acids is 1. The number of aromatic hydroxyl groups is 1. The molecule has 0 aliphatic heterocycles. The van der Waals surface area contributed by atoms with Crippen molar-refractivity contribution in [2.75, 3.05) is 0 Å². The van der Waals surface area contributed by atoms with E-state index in [9.17, 15) is 9.90 Å². The standard InChI is InChI=1S/C8H7ClO4/c9-4-1-2-6(10)5(3-4)7(11)8(12)13/h1-3,7,10-11H,(H,12,13)/t7-/m1/s1. The fourth-order valence-corrected chi connectivity index (χ4v) is 1.06. The number of aliphatic carboxylic acids is 1. The van der Waals surface area contributed by atoms with E-state index in [1.54, 1.807) is 0 Å². The molecule has 0 aliphatic rings. The first-order valence-electron chi connectivity index (χ1n) is 3.41. The summed E-state index contributed by atoms with van der Waals surface area (Å²) in [6.45, 7) is 0. The summed E-state index contributed by atoms with van der Waals surface area (Å²) in [5.74, 6) is -1.73. The summed E-state index contributed by atoms with van der Waals surface area (Å²) < 4.78 is 0. The predicted molar refractivity (Wildman–Crippen MR) is 45.7 cm³/mol. The molecule has 0 amide bonds. The van der Waals surface area contributed by atoms with Gasteiger partial charge in [-0.05, 0) is 18.2 Å². The molecule has 0 saturated carbocycles. The van der Waals surface area contributed by atoms with Gasteiger partial charge >= 0.3 is 5.97 Å². The van der Waals surface area contributed by atoms with Crippen LogP contribution in [-0.4, -0.2) is 21.3 Å². The Morgan fingerprint density at radius 1 is 1.46 bits per heavy atom.